The lowest BCUT2D eigenvalue weighted by Gasteiger charge is -2.04. The van der Waals surface area contributed by atoms with Gasteiger partial charge in [0.1, 0.15) is 5.76 Å². The van der Waals surface area contributed by atoms with Crippen LogP contribution in [0.1, 0.15) is 28.5 Å². The molecule has 0 radical (unpaired) electrons. The van der Waals surface area contributed by atoms with Crippen LogP contribution in [0.5, 0.6) is 0 Å². The molecule has 0 saturated heterocycles. The number of carbonyl (C=O) groups is 1. The molecule has 3 rings (SSSR count). The number of nitrogens with zero attached hydrogens (tertiary/aromatic N) is 1. The number of esters is 1. The zero-order chi connectivity index (χ0) is 17.5. The Balaban J connectivity index is 1.49. The number of benzene rings is 2. The first-order valence-electron chi connectivity index (χ1n) is 8.39. The fourth-order valence-corrected chi connectivity index (χ4v) is 2.64. The summed E-state index contributed by atoms with van der Waals surface area (Å²) in [5.74, 6) is 1.25. The zero-order valence-corrected chi connectivity index (χ0v) is 14.3. The van der Waals surface area contributed by atoms with E-state index >= 15 is 0 Å². The second kappa shape index (κ2) is 8.29. The molecule has 0 fully saturated rings. The van der Waals surface area contributed by atoms with Crippen LogP contribution in [0.25, 0.3) is 0 Å². The van der Waals surface area contributed by atoms with Crippen molar-refractivity contribution >= 4 is 5.97 Å². The van der Waals surface area contributed by atoms with Gasteiger partial charge in [0, 0.05) is 12.8 Å². The van der Waals surface area contributed by atoms with E-state index in [9.17, 15) is 4.79 Å². The minimum atomic E-state index is -0.225. The maximum Gasteiger partial charge on any atom is 0.310 e. The fourth-order valence-electron chi connectivity index (χ4n) is 2.64. The van der Waals surface area contributed by atoms with Crippen LogP contribution < -0.4 is 0 Å². The van der Waals surface area contributed by atoms with Gasteiger partial charge in [0.15, 0.2) is 5.89 Å². The summed E-state index contributed by atoms with van der Waals surface area (Å²) < 4.78 is 11.0. The van der Waals surface area contributed by atoms with Crippen molar-refractivity contribution < 1.29 is 13.9 Å². The third kappa shape index (κ3) is 5.05. The Morgan fingerprint density at radius 3 is 2.32 bits per heavy atom. The number of rotatable bonds is 7. The van der Waals surface area contributed by atoms with Gasteiger partial charge < -0.3 is 9.15 Å². The minimum Gasteiger partial charge on any atom is -0.465 e. The summed E-state index contributed by atoms with van der Waals surface area (Å²) in [4.78, 5) is 16.4. The highest BCUT2D eigenvalue weighted by molar-refractivity contribution is 5.72. The smallest absolute Gasteiger partial charge is 0.310 e. The molecule has 0 bridgehead atoms. The molecule has 4 heteroatoms. The van der Waals surface area contributed by atoms with Gasteiger partial charge in [-0.05, 0) is 18.1 Å². The maximum atomic E-state index is 11.9. The lowest BCUT2D eigenvalue weighted by atomic mass is 10.1. The molecule has 0 aliphatic heterocycles. The van der Waals surface area contributed by atoms with E-state index < -0.39 is 0 Å². The van der Waals surface area contributed by atoms with Crippen LogP contribution in [-0.4, -0.2) is 17.6 Å². The van der Waals surface area contributed by atoms with Crippen LogP contribution in [0.15, 0.2) is 65.1 Å². The van der Waals surface area contributed by atoms with E-state index in [0.29, 0.717) is 25.3 Å². The number of oxazole rings is 1. The van der Waals surface area contributed by atoms with Gasteiger partial charge in [-0.25, -0.2) is 4.98 Å². The summed E-state index contributed by atoms with van der Waals surface area (Å²) in [6.45, 7) is 2.20. The van der Waals surface area contributed by atoms with Gasteiger partial charge in [0.2, 0.25) is 0 Å². The third-order valence-corrected chi connectivity index (χ3v) is 3.93. The van der Waals surface area contributed by atoms with Gasteiger partial charge >= 0.3 is 5.97 Å². The maximum absolute atomic E-state index is 11.9. The summed E-state index contributed by atoms with van der Waals surface area (Å²) in [5.41, 5.74) is 2.96. The second-order valence-corrected chi connectivity index (χ2v) is 5.91. The topological polar surface area (TPSA) is 52.3 Å². The second-order valence-electron chi connectivity index (χ2n) is 5.91. The molecule has 0 amide bonds. The number of carbonyl (C=O) groups excluding carboxylic acids is 1. The lowest BCUT2D eigenvalue weighted by Crippen LogP contribution is -2.11. The molecule has 0 aliphatic carbocycles. The average molecular weight is 335 g/mol. The van der Waals surface area contributed by atoms with Crippen molar-refractivity contribution in [3.8, 4) is 0 Å². The minimum absolute atomic E-state index is 0.225. The van der Waals surface area contributed by atoms with Gasteiger partial charge in [-0.2, -0.15) is 0 Å². The number of aromatic nitrogens is 1. The van der Waals surface area contributed by atoms with Gasteiger partial charge in [-0.15, -0.1) is 0 Å². The van der Waals surface area contributed by atoms with Gasteiger partial charge in [0.25, 0.3) is 0 Å². The predicted octanol–water partition coefficient (Wildman–Crippen LogP) is 3.90. The van der Waals surface area contributed by atoms with Crippen LogP contribution in [0.3, 0.4) is 0 Å². The molecule has 3 aromatic rings. The average Bonchev–Trinajstić information content (AvgIpc) is 2.96. The van der Waals surface area contributed by atoms with E-state index in [0.717, 1.165) is 22.6 Å². The normalized spacial score (nSPS) is 10.6. The Hall–Kier alpha value is -2.88. The highest BCUT2D eigenvalue weighted by Gasteiger charge is 2.11. The zero-order valence-electron chi connectivity index (χ0n) is 14.3. The third-order valence-electron chi connectivity index (χ3n) is 3.93. The molecular formula is C21H21NO3. The van der Waals surface area contributed by atoms with Crippen molar-refractivity contribution in [2.75, 3.05) is 6.61 Å². The van der Waals surface area contributed by atoms with Crippen LogP contribution in [0.4, 0.5) is 0 Å². The number of hydrogen-bond acceptors (Lipinski definition) is 4. The molecule has 0 aliphatic rings. The van der Waals surface area contributed by atoms with E-state index in [-0.39, 0.29) is 12.4 Å². The lowest BCUT2D eigenvalue weighted by molar-refractivity contribution is -0.142. The Labute approximate surface area is 147 Å². The van der Waals surface area contributed by atoms with E-state index in [2.05, 4.69) is 4.98 Å². The van der Waals surface area contributed by atoms with E-state index in [4.69, 9.17) is 9.15 Å². The molecule has 0 N–H and O–H groups in total. The molecule has 0 unspecified atom stereocenters. The number of hydrogen-bond donors (Lipinski definition) is 0. The first-order chi connectivity index (χ1) is 12.2. The SMILES string of the molecule is Cc1oc(Cc2ccccc2)nc1CCOC(=O)Cc1ccccc1. The summed E-state index contributed by atoms with van der Waals surface area (Å²) in [6, 6.07) is 19.7. The Bertz CT molecular complexity index is 810. The monoisotopic (exact) mass is 335 g/mol. The van der Waals surface area contributed by atoms with E-state index in [1.165, 1.54) is 0 Å². The van der Waals surface area contributed by atoms with Crippen molar-refractivity contribution in [2.24, 2.45) is 0 Å². The van der Waals surface area contributed by atoms with Gasteiger partial charge in [-0.1, -0.05) is 60.7 Å². The van der Waals surface area contributed by atoms with Crippen molar-refractivity contribution in [1.82, 2.24) is 4.98 Å². The Morgan fingerprint density at radius 1 is 1.00 bits per heavy atom. The first-order valence-corrected chi connectivity index (χ1v) is 8.39. The fraction of sp³-hybridized carbons (Fsp3) is 0.238. The van der Waals surface area contributed by atoms with Crippen molar-refractivity contribution in [3.63, 3.8) is 0 Å². The van der Waals surface area contributed by atoms with Crippen LogP contribution in [-0.2, 0) is 28.8 Å². The molecular weight excluding hydrogens is 314 g/mol. The summed E-state index contributed by atoms with van der Waals surface area (Å²) >= 11 is 0. The van der Waals surface area contributed by atoms with Crippen molar-refractivity contribution in [1.29, 1.82) is 0 Å². The summed E-state index contributed by atoms with van der Waals surface area (Å²) in [6.07, 6.45) is 1.51. The highest BCUT2D eigenvalue weighted by Crippen LogP contribution is 2.14. The molecule has 0 saturated carbocycles. The van der Waals surface area contributed by atoms with E-state index in [1.54, 1.807) is 0 Å². The summed E-state index contributed by atoms with van der Waals surface area (Å²) in [5, 5.41) is 0. The van der Waals surface area contributed by atoms with E-state index in [1.807, 2.05) is 67.6 Å². The van der Waals surface area contributed by atoms with Crippen molar-refractivity contribution in [3.05, 3.63) is 89.1 Å². The number of ether oxygens (including phenoxy) is 1. The Kier molecular flexibility index (Phi) is 5.62. The highest BCUT2D eigenvalue weighted by atomic mass is 16.5. The Morgan fingerprint density at radius 2 is 1.64 bits per heavy atom. The first kappa shape index (κ1) is 17.0. The summed E-state index contributed by atoms with van der Waals surface area (Å²) in [7, 11) is 0. The molecule has 1 aromatic heterocycles. The molecule has 4 nitrogen and oxygen atoms in total. The molecule has 25 heavy (non-hydrogen) atoms. The molecule has 0 spiro atoms. The predicted molar refractivity (Wildman–Crippen MR) is 95.3 cm³/mol. The van der Waals surface area contributed by atoms with Crippen LogP contribution >= 0.6 is 0 Å². The molecule has 1 heterocycles. The quantitative estimate of drug-likeness (QED) is 0.615. The number of aryl methyl sites for hydroxylation is 1. The van der Waals surface area contributed by atoms with Gasteiger partial charge in [0.05, 0.1) is 18.7 Å². The van der Waals surface area contributed by atoms with Crippen LogP contribution in [0, 0.1) is 6.92 Å². The molecule has 2 aromatic carbocycles. The van der Waals surface area contributed by atoms with Crippen LogP contribution in [0.2, 0.25) is 0 Å². The molecule has 128 valence electrons. The molecule has 0 atom stereocenters. The largest absolute Gasteiger partial charge is 0.465 e. The standard InChI is InChI=1S/C21H21NO3/c1-16-19(22-20(25-16)14-17-8-4-2-5-9-17)12-13-24-21(23)15-18-10-6-3-7-11-18/h2-11H,12-15H2,1H3. The van der Waals surface area contributed by atoms with Crippen molar-refractivity contribution in [2.45, 2.75) is 26.2 Å². The van der Waals surface area contributed by atoms with Gasteiger partial charge in [-0.3, -0.25) is 4.79 Å².